The minimum absolute atomic E-state index is 0.0662. The number of aromatic nitrogens is 1. The molecule has 0 amide bonds. The largest absolute Gasteiger partial charge is 0.309 e. The zero-order chi connectivity index (χ0) is 35.3. The SMILES string of the molecule is CC1(C)c2cc(-c3ccc4c(c3)c3c5c(sc6ccc(-c7ccccc7)cc65)c(-c5ccccc5)cc3n4-c3ccccc3)ccc2C2C=CC=CC21. The van der Waals surface area contributed by atoms with Gasteiger partial charge in [0, 0.05) is 48.1 Å². The maximum atomic E-state index is 2.49. The van der Waals surface area contributed by atoms with Crippen LogP contribution < -0.4 is 0 Å². The second kappa shape index (κ2) is 11.5. The molecule has 0 saturated carbocycles. The van der Waals surface area contributed by atoms with Crippen LogP contribution in [0.25, 0.3) is 81.0 Å². The molecule has 2 unspecified atom stereocenters. The Bertz CT molecular complexity index is 2960. The molecule has 53 heavy (non-hydrogen) atoms. The van der Waals surface area contributed by atoms with E-state index in [1.54, 1.807) is 0 Å². The summed E-state index contributed by atoms with van der Waals surface area (Å²) in [5.74, 6) is 0.939. The van der Waals surface area contributed by atoms with Crippen molar-refractivity contribution in [1.29, 1.82) is 0 Å². The molecule has 0 N–H and O–H groups in total. The van der Waals surface area contributed by atoms with E-state index in [0.29, 0.717) is 11.8 Å². The lowest BCUT2D eigenvalue weighted by atomic mass is 9.74. The lowest BCUT2D eigenvalue weighted by Gasteiger charge is -2.29. The molecule has 2 heterocycles. The number of benzene rings is 7. The average Bonchev–Trinajstić information content (AvgIpc) is 3.83. The van der Waals surface area contributed by atoms with Crippen LogP contribution in [0.1, 0.15) is 30.9 Å². The Morgan fingerprint density at radius 1 is 0.528 bits per heavy atom. The van der Waals surface area contributed by atoms with Crippen LogP contribution in [0.2, 0.25) is 0 Å². The van der Waals surface area contributed by atoms with Gasteiger partial charge in [-0.05, 0) is 92.7 Å². The zero-order valence-corrected chi connectivity index (χ0v) is 30.6. The summed E-state index contributed by atoms with van der Waals surface area (Å²) in [7, 11) is 0. The molecule has 0 bridgehead atoms. The van der Waals surface area contributed by atoms with Crippen molar-refractivity contribution < 1.29 is 0 Å². The van der Waals surface area contributed by atoms with Gasteiger partial charge in [-0.2, -0.15) is 0 Å². The van der Waals surface area contributed by atoms with Crippen LogP contribution in [0.5, 0.6) is 0 Å². The molecular formula is C51H37NS. The van der Waals surface area contributed by atoms with Crippen LogP contribution in [0.4, 0.5) is 0 Å². The first-order valence-electron chi connectivity index (χ1n) is 18.7. The highest BCUT2D eigenvalue weighted by atomic mass is 32.1. The highest BCUT2D eigenvalue weighted by Crippen LogP contribution is 2.54. The fourth-order valence-corrected chi connectivity index (χ4v) is 10.7. The van der Waals surface area contributed by atoms with Crippen LogP contribution in [-0.4, -0.2) is 4.57 Å². The van der Waals surface area contributed by atoms with Gasteiger partial charge in [0.05, 0.1) is 11.0 Å². The molecule has 0 spiro atoms. The van der Waals surface area contributed by atoms with E-state index in [1.165, 1.54) is 92.2 Å². The topological polar surface area (TPSA) is 4.93 Å². The molecule has 252 valence electrons. The minimum Gasteiger partial charge on any atom is -0.309 e. The van der Waals surface area contributed by atoms with E-state index in [1.807, 2.05) is 11.3 Å². The summed E-state index contributed by atoms with van der Waals surface area (Å²) in [4.78, 5) is 0. The Kier molecular flexibility index (Phi) is 6.66. The molecule has 0 fully saturated rings. The number of fused-ring (bicyclic) bond motifs is 10. The van der Waals surface area contributed by atoms with Crippen LogP contribution in [-0.2, 0) is 5.41 Å². The molecule has 2 aliphatic rings. The summed E-state index contributed by atoms with van der Waals surface area (Å²) in [5.41, 5.74) is 14.2. The van der Waals surface area contributed by atoms with Crippen LogP contribution >= 0.6 is 11.3 Å². The van der Waals surface area contributed by atoms with Crippen LogP contribution in [0.15, 0.2) is 176 Å². The van der Waals surface area contributed by atoms with Gasteiger partial charge >= 0.3 is 0 Å². The molecule has 2 aromatic heterocycles. The number of nitrogens with zero attached hydrogens (tertiary/aromatic N) is 1. The average molecular weight is 696 g/mol. The lowest BCUT2D eigenvalue weighted by molar-refractivity contribution is 0.394. The maximum absolute atomic E-state index is 2.49. The summed E-state index contributed by atoms with van der Waals surface area (Å²) in [6.45, 7) is 4.85. The highest BCUT2D eigenvalue weighted by molar-refractivity contribution is 7.26. The second-order valence-corrected chi connectivity index (χ2v) is 16.4. The number of thiophene rings is 1. The molecule has 2 heteroatoms. The quantitative estimate of drug-likeness (QED) is 0.173. The molecule has 2 atom stereocenters. The van der Waals surface area contributed by atoms with Crippen molar-refractivity contribution in [2.24, 2.45) is 5.92 Å². The third-order valence-corrected chi connectivity index (χ3v) is 13.3. The fourth-order valence-electron chi connectivity index (χ4n) is 9.48. The Morgan fingerprint density at radius 2 is 1.17 bits per heavy atom. The van der Waals surface area contributed by atoms with Gasteiger partial charge in [-0.25, -0.2) is 0 Å². The molecule has 0 radical (unpaired) electrons. The van der Waals surface area contributed by atoms with Gasteiger partial charge in [0.15, 0.2) is 0 Å². The first kappa shape index (κ1) is 30.6. The fraction of sp³-hybridized carbons (Fsp3) is 0.0980. The van der Waals surface area contributed by atoms with E-state index < -0.39 is 0 Å². The summed E-state index contributed by atoms with van der Waals surface area (Å²) in [5, 5.41) is 5.26. The molecule has 9 aromatic rings. The van der Waals surface area contributed by atoms with Gasteiger partial charge in [-0.1, -0.05) is 147 Å². The normalized spacial score (nSPS) is 17.2. The number of rotatable bonds is 4. The summed E-state index contributed by atoms with van der Waals surface area (Å²) < 4.78 is 5.14. The monoisotopic (exact) mass is 695 g/mol. The summed E-state index contributed by atoms with van der Waals surface area (Å²) >= 11 is 1.92. The Morgan fingerprint density at radius 3 is 1.96 bits per heavy atom. The van der Waals surface area contributed by atoms with Gasteiger partial charge < -0.3 is 4.57 Å². The second-order valence-electron chi connectivity index (χ2n) is 15.3. The number of hydrogen-bond acceptors (Lipinski definition) is 1. The molecule has 0 saturated heterocycles. The molecule has 1 nitrogen and oxygen atoms in total. The van der Waals surface area contributed by atoms with Crippen molar-refractivity contribution in [3.05, 3.63) is 187 Å². The summed E-state index contributed by atoms with van der Waals surface area (Å²) in [6.07, 6.45) is 9.26. The van der Waals surface area contributed by atoms with E-state index in [9.17, 15) is 0 Å². The number of hydrogen-bond donors (Lipinski definition) is 0. The number of para-hydroxylation sites is 1. The van der Waals surface area contributed by atoms with Crippen molar-refractivity contribution >= 4 is 53.3 Å². The van der Waals surface area contributed by atoms with E-state index in [-0.39, 0.29) is 5.41 Å². The predicted octanol–water partition coefficient (Wildman–Crippen LogP) is 14.3. The zero-order valence-electron chi connectivity index (χ0n) is 29.8. The molecule has 11 rings (SSSR count). The van der Waals surface area contributed by atoms with Gasteiger partial charge in [0.25, 0.3) is 0 Å². The molecule has 7 aromatic carbocycles. The number of allylic oxidation sites excluding steroid dienone is 4. The first-order valence-corrected chi connectivity index (χ1v) is 19.5. The van der Waals surface area contributed by atoms with Gasteiger partial charge in [0.1, 0.15) is 0 Å². The minimum atomic E-state index is 0.0662. The summed E-state index contributed by atoms with van der Waals surface area (Å²) in [6, 6.07) is 56.5. The Labute approximate surface area is 313 Å². The van der Waals surface area contributed by atoms with E-state index in [2.05, 4.69) is 194 Å². The van der Waals surface area contributed by atoms with Crippen molar-refractivity contribution in [3.8, 4) is 39.1 Å². The van der Waals surface area contributed by atoms with Crippen molar-refractivity contribution in [2.75, 3.05) is 0 Å². The van der Waals surface area contributed by atoms with Crippen LogP contribution in [0, 0.1) is 5.92 Å². The van der Waals surface area contributed by atoms with Crippen molar-refractivity contribution in [2.45, 2.75) is 25.2 Å². The van der Waals surface area contributed by atoms with Gasteiger partial charge in [0.2, 0.25) is 0 Å². The van der Waals surface area contributed by atoms with E-state index in [4.69, 9.17) is 0 Å². The highest BCUT2D eigenvalue weighted by Gasteiger charge is 2.44. The molecule has 2 aliphatic carbocycles. The van der Waals surface area contributed by atoms with Crippen molar-refractivity contribution in [1.82, 2.24) is 4.57 Å². The third kappa shape index (κ3) is 4.55. The van der Waals surface area contributed by atoms with Gasteiger partial charge in [-0.3, -0.25) is 0 Å². The Hall–Kier alpha value is -5.96. The Balaban J connectivity index is 1.24. The molecular weight excluding hydrogens is 659 g/mol. The van der Waals surface area contributed by atoms with Crippen LogP contribution in [0.3, 0.4) is 0 Å². The lowest BCUT2D eigenvalue weighted by Crippen LogP contribution is -2.24. The van der Waals surface area contributed by atoms with E-state index >= 15 is 0 Å². The third-order valence-electron chi connectivity index (χ3n) is 12.1. The molecule has 0 aliphatic heterocycles. The van der Waals surface area contributed by atoms with Crippen molar-refractivity contribution in [3.63, 3.8) is 0 Å². The first-order chi connectivity index (χ1) is 26.0. The maximum Gasteiger partial charge on any atom is 0.0554 e. The standard InChI is InChI=1S/C51H37NS/c1-51(2)43-21-13-12-20-38(43)39-25-22-36(30-44(39)51)35-23-26-45-41(28-35)48-46(52(45)37-18-10-5-11-19-37)31-40(33-16-8-4-9-17-33)50-49(48)42-29-34(24-27-47(42)53-50)32-14-6-3-7-15-32/h3-31,38,43H,1-2H3. The van der Waals surface area contributed by atoms with Gasteiger partial charge in [-0.15, -0.1) is 11.3 Å². The van der Waals surface area contributed by atoms with E-state index in [0.717, 1.165) is 0 Å². The smallest absolute Gasteiger partial charge is 0.0554 e. The predicted molar refractivity (Wildman–Crippen MR) is 228 cm³/mol.